The maximum atomic E-state index is 14.8. The zero-order valence-corrected chi connectivity index (χ0v) is 56.2. The molecule has 2 aromatic heterocycles. The molecule has 18 nitrogen and oxygen atoms in total. The summed E-state index contributed by atoms with van der Waals surface area (Å²) in [5.74, 6) is -1.83. The summed E-state index contributed by atoms with van der Waals surface area (Å²) in [4.78, 5) is 74.9. The molecule has 0 saturated carbocycles. The van der Waals surface area contributed by atoms with Gasteiger partial charge >= 0.3 is 24.7 Å². The Bertz CT molecular complexity index is 3810. The van der Waals surface area contributed by atoms with Crippen LogP contribution < -0.4 is 28.7 Å². The molecule has 6 aromatic rings. The van der Waals surface area contributed by atoms with Gasteiger partial charge in [0.05, 0.1) is 70.1 Å². The van der Waals surface area contributed by atoms with Crippen LogP contribution in [0.25, 0.3) is 0 Å². The van der Waals surface area contributed by atoms with E-state index in [9.17, 15) is 71.9 Å². The molecule has 0 radical (unpaired) electrons. The van der Waals surface area contributed by atoms with Crippen molar-refractivity contribution >= 4 is 35.0 Å². The molecule has 4 aliphatic rings. The zero-order chi connectivity index (χ0) is 73.6. The monoisotopic (exact) mass is 1440 g/mol. The first-order valence-corrected chi connectivity index (χ1v) is 33.1. The number of piperidine rings is 2. The highest BCUT2D eigenvalue weighted by atomic mass is 19.4. The molecular formula is C72H78F12N8O10. The van der Waals surface area contributed by atoms with Crippen molar-refractivity contribution in [3.8, 4) is 23.0 Å². The maximum absolute atomic E-state index is 14.8. The number of aromatic nitrogens is 2. The largest absolute Gasteiger partial charge is 0.489 e. The van der Waals surface area contributed by atoms with E-state index in [1.54, 1.807) is 30.9 Å². The number of carbonyl (C=O) groups is 4. The Morgan fingerprint density at radius 1 is 0.500 bits per heavy atom. The quantitative estimate of drug-likeness (QED) is 0.0357. The van der Waals surface area contributed by atoms with E-state index in [0.717, 1.165) is 90.8 Å². The van der Waals surface area contributed by atoms with Crippen molar-refractivity contribution in [2.24, 2.45) is 0 Å². The minimum atomic E-state index is -4.87. The molecule has 4 fully saturated rings. The zero-order valence-electron chi connectivity index (χ0n) is 56.2. The van der Waals surface area contributed by atoms with Gasteiger partial charge in [-0.2, -0.15) is 52.7 Å². The Morgan fingerprint density at radius 2 is 0.882 bits per heavy atom. The van der Waals surface area contributed by atoms with Gasteiger partial charge in [0.2, 0.25) is 11.2 Å². The van der Waals surface area contributed by atoms with Crippen LogP contribution in [-0.4, -0.2) is 183 Å². The molecule has 102 heavy (non-hydrogen) atoms. The Labute approximate surface area is 581 Å². The van der Waals surface area contributed by atoms with Gasteiger partial charge in [-0.15, -0.1) is 6.58 Å². The van der Waals surface area contributed by atoms with Crippen molar-refractivity contribution in [3.05, 3.63) is 180 Å². The minimum absolute atomic E-state index is 0.0113. The fourth-order valence-electron chi connectivity index (χ4n) is 13.4. The lowest BCUT2D eigenvalue weighted by molar-refractivity contribution is -0.160. The van der Waals surface area contributed by atoms with Gasteiger partial charge in [-0.25, -0.2) is 0 Å². The molecule has 10 rings (SSSR count). The van der Waals surface area contributed by atoms with E-state index in [4.69, 9.17) is 28.4 Å². The van der Waals surface area contributed by atoms with Gasteiger partial charge in [-0.1, -0.05) is 43.7 Å². The van der Waals surface area contributed by atoms with Gasteiger partial charge < -0.3 is 57.8 Å². The third kappa shape index (κ3) is 17.8. The second-order valence-electron chi connectivity index (χ2n) is 24.6. The van der Waals surface area contributed by atoms with Gasteiger partial charge in [0, 0.05) is 117 Å². The summed E-state index contributed by atoms with van der Waals surface area (Å²) in [6.07, 6.45) is -13.0. The fraction of sp³-hybridized carbons (Fsp3) is 0.444. The number of benzene rings is 4. The van der Waals surface area contributed by atoms with Crippen LogP contribution in [0.5, 0.6) is 23.0 Å². The van der Waals surface area contributed by atoms with Gasteiger partial charge in [0.25, 0.3) is 23.6 Å². The summed E-state index contributed by atoms with van der Waals surface area (Å²) < 4.78 is 199. The molecule has 6 heterocycles. The predicted octanol–water partition coefficient (Wildman–Crippen LogP) is 13.2. The average molecular weight is 1440 g/mol. The van der Waals surface area contributed by atoms with Crippen LogP contribution >= 0.6 is 0 Å². The van der Waals surface area contributed by atoms with E-state index in [1.807, 2.05) is 53.4 Å². The summed E-state index contributed by atoms with van der Waals surface area (Å²) in [6, 6.07) is 21.8. The highest BCUT2D eigenvalue weighted by molar-refractivity contribution is 5.98. The second kappa shape index (κ2) is 33.2. The first-order chi connectivity index (χ1) is 48.6. The Balaban J connectivity index is 0.000000237. The average Bonchev–Trinajstić information content (AvgIpc) is 0.748. The number of para-hydroxylation sites is 4. The molecule has 0 bridgehead atoms. The summed E-state index contributed by atoms with van der Waals surface area (Å²) in [7, 11) is 3.14. The van der Waals surface area contributed by atoms with E-state index in [-0.39, 0.29) is 89.3 Å². The molecule has 2 unspecified atom stereocenters. The maximum Gasteiger partial charge on any atom is 0.417 e. The van der Waals surface area contributed by atoms with Crippen LogP contribution in [-0.2, 0) is 43.8 Å². The number of likely N-dealkylation sites (tertiary alicyclic amines) is 2. The summed E-state index contributed by atoms with van der Waals surface area (Å²) >= 11 is 0. The van der Waals surface area contributed by atoms with E-state index < -0.39 is 105 Å². The number of amides is 4. The van der Waals surface area contributed by atoms with E-state index >= 15 is 0 Å². The molecule has 4 atom stereocenters. The minimum Gasteiger partial charge on any atom is -0.489 e. The number of methoxy groups -OCH3 is 2. The number of piperazine rings is 2. The molecule has 4 aromatic carbocycles. The van der Waals surface area contributed by atoms with Crippen LogP contribution in [0.1, 0.15) is 94.8 Å². The molecule has 4 aliphatic heterocycles. The van der Waals surface area contributed by atoms with Gasteiger partial charge in [-0.3, -0.25) is 29.1 Å². The number of halogens is 12. The number of nitrogens with zero attached hydrogens (tertiary/aromatic N) is 8. The number of rotatable bonds is 22. The van der Waals surface area contributed by atoms with Crippen molar-refractivity contribution in [2.75, 3.05) is 116 Å². The number of hydrogen-bond acceptors (Lipinski definition) is 14. The third-order valence-corrected chi connectivity index (χ3v) is 18.2. The summed E-state index contributed by atoms with van der Waals surface area (Å²) in [6.45, 7) is 9.51. The molecule has 550 valence electrons. The standard InChI is InChI=1S/C36H40F6N4O5.C36H38F6N4O5/c2*1-3-7-31-34(51-26-12-10-25(11-13-26)35(37,38)39,15-6-17-46(31)32(47)27-24-43-16-14-28(27)36(40,41)42)33(48)45-20-18-44(19-21-45)29-8-4-5-9-30(29)50-23-22-49-2/h4-5,8-14,16,24,31H,3,6-7,15,17-23H2,1-2H3;3-5,8-14,16,24,31H,1,6-7,15,17-23H2,2H3/t2*31?,34-/m00/s1. The first-order valence-electron chi connectivity index (χ1n) is 33.1. The Hall–Kier alpha value is -9.32. The number of ether oxygens (including phenoxy) is 6. The molecule has 4 saturated heterocycles. The van der Waals surface area contributed by atoms with E-state index in [2.05, 4.69) is 21.4 Å². The topological polar surface area (TPSA) is 169 Å². The SMILES string of the molecule is C=CCC1N(C(=O)c2cnccc2C(F)(F)F)CCC[C@@]1(Oc1ccc(C(F)(F)F)cc1)C(=O)N1CCN(c2ccccc2OCCOC)CC1.CCCC1N(C(=O)c2cnccc2C(F)(F)F)CCC[C@@]1(Oc1ccc(C(F)(F)F)cc1)C(=O)N1CCN(c2ccccc2OCCOC)CC1. The highest BCUT2D eigenvalue weighted by Gasteiger charge is 2.58. The number of pyridine rings is 2. The highest BCUT2D eigenvalue weighted by Crippen LogP contribution is 2.44. The van der Waals surface area contributed by atoms with Crippen LogP contribution in [0.3, 0.4) is 0 Å². The van der Waals surface area contributed by atoms with Crippen molar-refractivity contribution in [1.82, 2.24) is 29.6 Å². The second-order valence-corrected chi connectivity index (χ2v) is 24.6. The number of hydrogen-bond donors (Lipinski definition) is 0. The van der Waals surface area contributed by atoms with Crippen LogP contribution in [0.2, 0.25) is 0 Å². The number of alkyl halides is 12. The lowest BCUT2D eigenvalue weighted by atomic mass is 9.79. The van der Waals surface area contributed by atoms with Crippen LogP contribution in [0, 0.1) is 0 Å². The van der Waals surface area contributed by atoms with Crippen molar-refractivity contribution in [3.63, 3.8) is 0 Å². The molecule has 4 amide bonds. The molecular weight excluding hydrogens is 1360 g/mol. The normalized spacial score (nSPS) is 19.9. The third-order valence-electron chi connectivity index (χ3n) is 18.2. The lowest BCUT2D eigenvalue weighted by Gasteiger charge is -2.51. The van der Waals surface area contributed by atoms with Crippen molar-refractivity contribution in [1.29, 1.82) is 0 Å². The van der Waals surface area contributed by atoms with E-state index in [0.29, 0.717) is 76.6 Å². The Morgan fingerprint density at radius 3 is 1.25 bits per heavy atom. The summed E-state index contributed by atoms with van der Waals surface area (Å²) in [5, 5.41) is 0. The molecule has 0 aliphatic carbocycles. The van der Waals surface area contributed by atoms with Crippen LogP contribution in [0.4, 0.5) is 64.1 Å². The first kappa shape index (κ1) is 76.9. The van der Waals surface area contributed by atoms with Gasteiger partial charge in [0.15, 0.2) is 0 Å². The van der Waals surface area contributed by atoms with Crippen molar-refractivity contribution < 1.29 is 100 Å². The molecule has 30 heteroatoms. The lowest BCUT2D eigenvalue weighted by Crippen LogP contribution is -2.69. The number of anilines is 2. The molecule has 0 N–H and O–H groups in total. The number of carbonyl (C=O) groups excluding carboxylic acids is 4. The fourth-order valence-corrected chi connectivity index (χ4v) is 13.4. The predicted molar refractivity (Wildman–Crippen MR) is 351 cm³/mol. The Kier molecular flexibility index (Phi) is 25.0. The van der Waals surface area contributed by atoms with E-state index in [1.165, 1.54) is 15.9 Å². The molecule has 0 spiro atoms. The van der Waals surface area contributed by atoms with Crippen LogP contribution in [0.15, 0.2) is 147 Å². The summed E-state index contributed by atoms with van der Waals surface area (Å²) in [5.41, 5.74) is -7.61. The van der Waals surface area contributed by atoms with Gasteiger partial charge in [-0.05, 0) is 111 Å². The van der Waals surface area contributed by atoms with Crippen molar-refractivity contribution in [2.45, 2.75) is 99.9 Å². The smallest absolute Gasteiger partial charge is 0.417 e. The van der Waals surface area contributed by atoms with Gasteiger partial charge in [0.1, 0.15) is 36.2 Å².